The fourth-order valence-electron chi connectivity index (χ4n) is 3.99. The van der Waals surface area contributed by atoms with Crippen LogP contribution in [0.25, 0.3) is 0 Å². The number of nitrogens with one attached hydrogen (secondary N) is 1. The molecule has 1 saturated carbocycles. The van der Waals surface area contributed by atoms with Gasteiger partial charge in [0.25, 0.3) is 0 Å². The van der Waals surface area contributed by atoms with Crippen molar-refractivity contribution in [1.82, 2.24) is 5.32 Å². The predicted octanol–water partition coefficient (Wildman–Crippen LogP) is 4.86. The van der Waals surface area contributed by atoms with Crippen molar-refractivity contribution in [2.24, 2.45) is 5.92 Å². The van der Waals surface area contributed by atoms with Crippen molar-refractivity contribution in [1.29, 1.82) is 0 Å². The van der Waals surface area contributed by atoms with Gasteiger partial charge >= 0.3 is 0 Å². The Morgan fingerprint density at radius 3 is 2.55 bits per heavy atom. The molecule has 2 nitrogen and oxygen atoms in total. The van der Waals surface area contributed by atoms with Crippen LogP contribution < -0.4 is 5.32 Å². The fraction of sp³-hybridized carbons (Fsp3) is 0.700. The highest BCUT2D eigenvalue weighted by atomic mass is 16.5. The Labute approximate surface area is 135 Å². The molecule has 2 aliphatic rings. The fourth-order valence-corrected chi connectivity index (χ4v) is 3.99. The summed E-state index contributed by atoms with van der Waals surface area (Å²) in [5.41, 5.74) is 1.35. The van der Waals surface area contributed by atoms with Gasteiger partial charge in [-0.05, 0) is 63.1 Å². The Morgan fingerprint density at radius 1 is 0.909 bits per heavy atom. The third-order valence-corrected chi connectivity index (χ3v) is 5.32. The van der Waals surface area contributed by atoms with Gasteiger partial charge in [0.05, 0.1) is 12.2 Å². The first kappa shape index (κ1) is 16.0. The van der Waals surface area contributed by atoms with Gasteiger partial charge in [-0.1, -0.05) is 49.6 Å². The molecule has 0 amide bonds. The van der Waals surface area contributed by atoms with E-state index in [-0.39, 0.29) is 0 Å². The van der Waals surface area contributed by atoms with Gasteiger partial charge in [0.1, 0.15) is 0 Å². The molecule has 2 heteroatoms. The van der Waals surface area contributed by atoms with Crippen LogP contribution in [0.4, 0.5) is 0 Å². The molecule has 3 rings (SSSR count). The van der Waals surface area contributed by atoms with Crippen molar-refractivity contribution in [3.8, 4) is 0 Å². The second-order valence-corrected chi connectivity index (χ2v) is 7.09. The highest BCUT2D eigenvalue weighted by Crippen LogP contribution is 2.32. The number of ether oxygens (including phenoxy) is 1. The maximum atomic E-state index is 6.32. The van der Waals surface area contributed by atoms with E-state index in [2.05, 4.69) is 35.6 Å². The van der Waals surface area contributed by atoms with Crippen molar-refractivity contribution in [2.75, 3.05) is 13.1 Å². The van der Waals surface area contributed by atoms with Gasteiger partial charge in [-0.2, -0.15) is 0 Å². The summed E-state index contributed by atoms with van der Waals surface area (Å²) in [4.78, 5) is 0. The highest BCUT2D eigenvalue weighted by Gasteiger charge is 2.23. The van der Waals surface area contributed by atoms with Gasteiger partial charge in [-0.25, -0.2) is 0 Å². The maximum Gasteiger partial charge on any atom is 0.0828 e. The van der Waals surface area contributed by atoms with Gasteiger partial charge in [0, 0.05) is 0 Å². The first-order valence-electron chi connectivity index (χ1n) is 9.33. The molecule has 1 aromatic carbocycles. The molecule has 122 valence electrons. The largest absolute Gasteiger partial charge is 0.370 e. The molecule has 1 aromatic rings. The number of hydrogen-bond donors (Lipinski definition) is 1. The van der Waals surface area contributed by atoms with E-state index in [1.54, 1.807) is 0 Å². The topological polar surface area (TPSA) is 21.3 Å². The number of benzene rings is 1. The van der Waals surface area contributed by atoms with Crippen molar-refractivity contribution < 1.29 is 4.74 Å². The van der Waals surface area contributed by atoms with Crippen molar-refractivity contribution in [2.45, 2.75) is 70.0 Å². The third-order valence-electron chi connectivity index (χ3n) is 5.32. The first-order valence-corrected chi connectivity index (χ1v) is 9.33. The Kier molecular flexibility index (Phi) is 6.32. The standard InChI is InChI=1S/C20H31NO/c1-3-8-17(9-4-1)16-21-15-14-19-12-7-13-20(22-19)18-10-5-2-6-11-18/h2,5-6,10-11,17,19-21H,1,3-4,7-9,12-16H2/t19-,20+/m1/s1. The molecule has 1 N–H and O–H groups in total. The molecular weight excluding hydrogens is 270 g/mol. The molecule has 0 radical (unpaired) electrons. The van der Waals surface area contributed by atoms with Crippen LogP contribution in [0.3, 0.4) is 0 Å². The lowest BCUT2D eigenvalue weighted by molar-refractivity contribution is -0.0544. The zero-order chi connectivity index (χ0) is 15.0. The van der Waals surface area contributed by atoms with E-state index in [9.17, 15) is 0 Å². The van der Waals surface area contributed by atoms with E-state index >= 15 is 0 Å². The predicted molar refractivity (Wildman–Crippen MR) is 92.0 cm³/mol. The summed E-state index contributed by atoms with van der Waals surface area (Å²) >= 11 is 0. The molecule has 0 unspecified atom stereocenters. The average Bonchev–Trinajstić information content (AvgIpc) is 2.61. The van der Waals surface area contributed by atoms with E-state index in [4.69, 9.17) is 4.74 Å². The molecule has 1 saturated heterocycles. The van der Waals surface area contributed by atoms with Crippen LogP contribution in [0.15, 0.2) is 30.3 Å². The molecule has 2 atom stereocenters. The summed E-state index contributed by atoms with van der Waals surface area (Å²) < 4.78 is 6.32. The Morgan fingerprint density at radius 2 is 1.73 bits per heavy atom. The molecule has 0 spiro atoms. The lowest BCUT2D eigenvalue weighted by Crippen LogP contribution is -2.30. The highest BCUT2D eigenvalue weighted by molar-refractivity contribution is 5.17. The van der Waals surface area contributed by atoms with Crippen molar-refractivity contribution >= 4 is 0 Å². The van der Waals surface area contributed by atoms with Crippen molar-refractivity contribution in [3.05, 3.63) is 35.9 Å². The van der Waals surface area contributed by atoms with Crippen LogP contribution >= 0.6 is 0 Å². The van der Waals surface area contributed by atoms with Crippen molar-refractivity contribution in [3.63, 3.8) is 0 Å². The van der Waals surface area contributed by atoms with Crippen LogP contribution in [0.5, 0.6) is 0 Å². The number of hydrogen-bond acceptors (Lipinski definition) is 2. The van der Waals surface area contributed by atoms with E-state index in [0.29, 0.717) is 12.2 Å². The Bertz CT molecular complexity index is 413. The maximum absolute atomic E-state index is 6.32. The van der Waals surface area contributed by atoms with Crippen LogP contribution in [-0.4, -0.2) is 19.2 Å². The smallest absolute Gasteiger partial charge is 0.0828 e. The van der Waals surface area contributed by atoms with Crippen LogP contribution in [0, 0.1) is 5.92 Å². The summed E-state index contributed by atoms with van der Waals surface area (Å²) in [6, 6.07) is 10.7. The minimum atomic E-state index is 0.318. The zero-order valence-corrected chi connectivity index (χ0v) is 13.8. The molecule has 1 aliphatic heterocycles. The summed E-state index contributed by atoms with van der Waals surface area (Å²) in [5, 5.41) is 3.68. The quantitative estimate of drug-likeness (QED) is 0.758. The summed E-state index contributed by atoms with van der Waals surface area (Å²) in [7, 11) is 0. The van der Waals surface area contributed by atoms with Gasteiger partial charge in [-0.15, -0.1) is 0 Å². The van der Waals surface area contributed by atoms with Gasteiger partial charge < -0.3 is 10.1 Å². The molecule has 0 aromatic heterocycles. The average molecular weight is 301 g/mol. The SMILES string of the molecule is c1ccc([C@@H]2CCC[C@H](CCNCC3CCCCC3)O2)cc1. The zero-order valence-electron chi connectivity index (χ0n) is 13.8. The van der Waals surface area contributed by atoms with Crippen LogP contribution in [0.2, 0.25) is 0 Å². The Hall–Kier alpha value is -0.860. The van der Waals surface area contributed by atoms with Gasteiger partial charge in [0.15, 0.2) is 0 Å². The van der Waals surface area contributed by atoms with E-state index in [1.165, 1.54) is 63.5 Å². The third kappa shape index (κ3) is 4.82. The number of rotatable bonds is 6. The summed E-state index contributed by atoms with van der Waals surface area (Å²) in [6.45, 7) is 2.33. The normalized spacial score (nSPS) is 26.9. The molecule has 1 heterocycles. The minimum absolute atomic E-state index is 0.318. The summed E-state index contributed by atoms with van der Waals surface area (Å²) in [5.74, 6) is 0.929. The lowest BCUT2D eigenvalue weighted by atomic mass is 9.89. The monoisotopic (exact) mass is 301 g/mol. The Balaban J connectivity index is 1.35. The van der Waals surface area contributed by atoms with E-state index < -0.39 is 0 Å². The second kappa shape index (κ2) is 8.69. The molecular formula is C20H31NO. The second-order valence-electron chi connectivity index (χ2n) is 7.09. The van der Waals surface area contributed by atoms with Gasteiger partial charge in [-0.3, -0.25) is 0 Å². The molecule has 1 aliphatic carbocycles. The minimum Gasteiger partial charge on any atom is -0.370 e. The summed E-state index contributed by atoms with van der Waals surface area (Å²) in [6.07, 6.45) is 12.8. The van der Waals surface area contributed by atoms with Gasteiger partial charge in [0.2, 0.25) is 0 Å². The van der Waals surface area contributed by atoms with Crippen LogP contribution in [0.1, 0.15) is 69.5 Å². The lowest BCUT2D eigenvalue weighted by Gasteiger charge is -2.31. The molecule has 22 heavy (non-hydrogen) atoms. The molecule has 2 fully saturated rings. The first-order chi connectivity index (χ1) is 10.9. The molecule has 0 bridgehead atoms. The van der Waals surface area contributed by atoms with E-state index in [1.807, 2.05) is 0 Å². The van der Waals surface area contributed by atoms with Crippen LogP contribution in [-0.2, 0) is 4.74 Å². The van der Waals surface area contributed by atoms with E-state index in [0.717, 1.165) is 18.9 Å².